The standard InChI is InChI=1S/C11H20N4S/c1-6-15-9(5)10(8(4)14-15)13-11(16)12-7(2)3/h7H,6H2,1-5H3,(H2,12,13,16). The van der Waals surface area contributed by atoms with Gasteiger partial charge in [-0.15, -0.1) is 0 Å². The summed E-state index contributed by atoms with van der Waals surface area (Å²) in [5.41, 5.74) is 3.11. The van der Waals surface area contributed by atoms with Gasteiger partial charge >= 0.3 is 0 Å². The molecule has 2 N–H and O–H groups in total. The van der Waals surface area contributed by atoms with E-state index in [0.717, 1.165) is 23.6 Å². The predicted molar refractivity (Wildman–Crippen MR) is 71.9 cm³/mol. The minimum absolute atomic E-state index is 0.335. The molecule has 0 atom stereocenters. The van der Waals surface area contributed by atoms with Gasteiger partial charge < -0.3 is 10.6 Å². The number of nitrogens with zero attached hydrogens (tertiary/aromatic N) is 2. The van der Waals surface area contributed by atoms with Gasteiger partial charge in [0.05, 0.1) is 17.1 Å². The Labute approximate surface area is 102 Å². The molecule has 0 aliphatic carbocycles. The average molecular weight is 240 g/mol. The third kappa shape index (κ3) is 2.95. The molecule has 0 aliphatic rings. The van der Waals surface area contributed by atoms with Gasteiger partial charge in [-0.2, -0.15) is 5.10 Å². The minimum atomic E-state index is 0.335. The van der Waals surface area contributed by atoms with Crippen molar-refractivity contribution in [1.29, 1.82) is 0 Å². The molecule has 0 amide bonds. The van der Waals surface area contributed by atoms with Gasteiger partial charge in [0.2, 0.25) is 0 Å². The van der Waals surface area contributed by atoms with Crippen molar-refractivity contribution in [2.24, 2.45) is 0 Å². The highest BCUT2D eigenvalue weighted by Crippen LogP contribution is 2.18. The van der Waals surface area contributed by atoms with Crippen molar-refractivity contribution >= 4 is 23.0 Å². The molecular formula is C11H20N4S. The second-order valence-electron chi connectivity index (χ2n) is 4.11. The zero-order valence-corrected chi connectivity index (χ0v) is 11.4. The number of aryl methyl sites for hydroxylation is 2. The first-order valence-corrected chi connectivity index (χ1v) is 5.98. The largest absolute Gasteiger partial charge is 0.360 e. The highest BCUT2D eigenvalue weighted by atomic mass is 32.1. The molecule has 4 nitrogen and oxygen atoms in total. The topological polar surface area (TPSA) is 41.9 Å². The maximum Gasteiger partial charge on any atom is 0.171 e. The molecule has 1 rings (SSSR count). The van der Waals surface area contributed by atoms with Crippen LogP contribution in [-0.2, 0) is 6.54 Å². The molecule has 16 heavy (non-hydrogen) atoms. The van der Waals surface area contributed by atoms with Crippen LogP contribution in [0, 0.1) is 13.8 Å². The maximum atomic E-state index is 5.22. The van der Waals surface area contributed by atoms with E-state index in [-0.39, 0.29) is 0 Å². The van der Waals surface area contributed by atoms with E-state index in [9.17, 15) is 0 Å². The summed E-state index contributed by atoms with van der Waals surface area (Å²) in [6.45, 7) is 11.1. The van der Waals surface area contributed by atoms with Crippen LogP contribution in [0.15, 0.2) is 0 Å². The van der Waals surface area contributed by atoms with Crippen LogP contribution in [0.3, 0.4) is 0 Å². The summed E-state index contributed by atoms with van der Waals surface area (Å²) in [6.07, 6.45) is 0. The number of aromatic nitrogens is 2. The van der Waals surface area contributed by atoms with Crippen molar-refractivity contribution in [2.45, 2.75) is 47.2 Å². The van der Waals surface area contributed by atoms with E-state index in [1.807, 2.05) is 18.5 Å². The number of hydrogen-bond donors (Lipinski definition) is 2. The molecule has 1 heterocycles. The fourth-order valence-corrected chi connectivity index (χ4v) is 1.94. The second-order valence-corrected chi connectivity index (χ2v) is 4.52. The molecule has 5 heteroatoms. The summed E-state index contributed by atoms with van der Waals surface area (Å²) in [5, 5.41) is 11.4. The van der Waals surface area contributed by atoms with E-state index >= 15 is 0 Å². The molecule has 0 radical (unpaired) electrons. The van der Waals surface area contributed by atoms with Gasteiger partial charge in [0.1, 0.15) is 0 Å². The second kappa shape index (κ2) is 5.30. The van der Waals surface area contributed by atoms with E-state index < -0.39 is 0 Å². The summed E-state index contributed by atoms with van der Waals surface area (Å²) in [5.74, 6) is 0. The lowest BCUT2D eigenvalue weighted by atomic mass is 10.3. The minimum Gasteiger partial charge on any atom is -0.360 e. The molecule has 0 fully saturated rings. The van der Waals surface area contributed by atoms with Gasteiger partial charge in [0.25, 0.3) is 0 Å². The van der Waals surface area contributed by atoms with Crippen molar-refractivity contribution in [2.75, 3.05) is 5.32 Å². The average Bonchev–Trinajstić information content (AvgIpc) is 2.44. The Bertz CT molecular complexity index is 382. The first-order chi connectivity index (χ1) is 7.45. The summed E-state index contributed by atoms with van der Waals surface area (Å²) in [6, 6.07) is 0.335. The Hall–Kier alpha value is -1.10. The lowest BCUT2D eigenvalue weighted by Crippen LogP contribution is -2.34. The lowest BCUT2D eigenvalue weighted by molar-refractivity contribution is 0.634. The van der Waals surface area contributed by atoms with E-state index in [2.05, 4.69) is 36.5 Å². The Kier molecular flexibility index (Phi) is 4.29. The van der Waals surface area contributed by atoms with E-state index in [4.69, 9.17) is 12.2 Å². The normalized spacial score (nSPS) is 10.6. The summed E-state index contributed by atoms with van der Waals surface area (Å²) in [4.78, 5) is 0. The van der Waals surface area contributed by atoms with Gasteiger partial charge in [-0.25, -0.2) is 0 Å². The molecule has 1 aromatic rings. The van der Waals surface area contributed by atoms with Crippen molar-refractivity contribution in [3.63, 3.8) is 0 Å². The Morgan fingerprint density at radius 1 is 1.44 bits per heavy atom. The van der Waals surface area contributed by atoms with Gasteiger partial charge in [-0.3, -0.25) is 4.68 Å². The molecule has 0 saturated heterocycles. The van der Waals surface area contributed by atoms with Crippen LogP contribution in [0.5, 0.6) is 0 Å². The van der Waals surface area contributed by atoms with Gasteiger partial charge in [0, 0.05) is 12.6 Å². The van der Waals surface area contributed by atoms with Gasteiger partial charge in [-0.1, -0.05) is 0 Å². The molecule has 0 unspecified atom stereocenters. The highest BCUT2D eigenvalue weighted by molar-refractivity contribution is 7.80. The Balaban J connectivity index is 2.81. The molecule has 0 bridgehead atoms. The first kappa shape index (κ1) is 13.0. The zero-order valence-electron chi connectivity index (χ0n) is 10.6. The Morgan fingerprint density at radius 2 is 2.06 bits per heavy atom. The molecule has 0 saturated carbocycles. The van der Waals surface area contributed by atoms with Crippen LogP contribution in [0.2, 0.25) is 0 Å². The molecule has 0 aromatic carbocycles. The van der Waals surface area contributed by atoms with Crippen molar-refractivity contribution in [1.82, 2.24) is 15.1 Å². The lowest BCUT2D eigenvalue weighted by Gasteiger charge is -2.13. The number of anilines is 1. The van der Waals surface area contributed by atoms with Crippen LogP contribution in [-0.4, -0.2) is 20.9 Å². The highest BCUT2D eigenvalue weighted by Gasteiger charge is 2.11. The van der Waals surface area contributed by atoms with Crippen molar-refractivity contribution < 1.29 is 0 Å². The molecule has 0 aliphatic heterocycles. The monoisotopic (exact) mass is 240 g/mol. The van der Waals surface area contributed by atoms with Crippen LogP contribution >= 0.6 is 12.2 Å². The van der Waals surface area contributed by atoms with Crippen LogP contribution < -0.4 is 10.6 Å². The third-order valence-corrected chi connectivity index (χ3v) is 2.56. The Morgan fingerprint density at radius 3 is 2.50 bits per heavy atom. The molecule has 90 valence electrons. The smallest absolute Gasteiger partial charge is 0.171 e. The van der Waals surface area contributed by atoms with Crippen LogP contribution in [0.25, 0.3) is 0 Å². The van der Waals surface area contributed by atoms with Crippen LogP contribution in [0.1, 0.15) is 32.2 Å². The van der Waals surface area contributed by atoms with Crippen LogP contribution in [0.4, 0.5) is 5.69 Å². The van der Waals surface area contributed by atoms with Crippen molar-refractivity contribution in [3.05, 3.63) is 11.4 Å². The molecule has 1 aromatic heterocycles. The number of nitrogens with one attached hydrogen (secondary N) is 2. The quantitative estimate of drug-likeness (QED) is 0.795. The maximum absolute atomic E-state index is 5.22. The fraction of sp³-hybridized carbons (Fsp3) is 0.636. The van der Waals surface area contributed by atoms with Gasteiger partial charge in [0.15, 0.2) is 5.11 Å². The van der Waals surface area contributed by atoms with Gasteiger partial charge in [-0.05, 0) is 46.8 Å². The van der Waals surface area contributed by atoms with Crippen molar-refractivity contribution in [3.8, 4) is 0 Å². The number of thiocarbonyl (C=S) groups is 1. The number of hydrogen-bond acceptors (Lipinski definition) is 2. The summed E-state index contributed by atoms with van der Waals surface area (Å²) in [7, 11) is 0. The summed E-state index contributed by atoms with van der Waals surface area (Å²) < 4.78 is 1.97. The SMILES string of the molecule is CCn1nc(C)c(NC(=S)NC(C)C)c1C. The predicted octanol–water partition coefficient (Wildman–Crippen LogP) is 2.21. The first-order valence-electron chi connectivity index (χ1n) is 5.57. The molecule has 0 spiro atoms. The summed E-state index contributed by atoms with van der Waals surface area (Å²) >= 11 is 5.22. The van der Waals surface area contributed by atoms with E-state index in [1.54, 1.807) is 0 Å². The fourth-order valence-electron chi connectivity index (χ4n) is 1.60. The van der Waals surface area contributed by atoms with E-state index in [0.29, 0.717) is 11.2 Å². The zero-order chi connectivity index (χ0) is 12.3. The van der Waals surface area contributed by atoms with E-state index in [1.165, 1.54) is 0 Å². The molecular weight excluding hydrogens is 220 g/mol. The number of rotatable bonds is 3. The third-order valence-electron chi connectivity index (χ3n) is 2.34.